The van der Waals surface area contributed by atoms with Gasteiger partial charge in [-0.25, -0.2) is 4.79 Å². The summed E-state index contributed by atoms with van der Waals surface area (Å²) in [5.74, 6) is 0.0317. The van der Waals surface area contributed by atoms with Crippen LogP contribution in [0.5, 0.6) is 0 Å². The Bertz CT molecular complexity index is 493. The zero-order valence-corrected chi connectivity index (χ0v) is 12.9. The Balaban J connectivity index is 1.99. The SMILES string of the molecule is CC(C)(C)OC(=O)N1CCC(c2ccc(N)cc2)C(O)C1. The number of nitrogens with zero attached hydrogens (tertiary/aromatic N) is 1. The molecule has 2 rings (SSSR count). The van der Waals surface area contributed by atoms with Crippen LogP contribution in [0.3, 0.4) is 0 Å². The van der Waals surface area contributed by atoms with E-state index in [0.29, 0.717) is 25.2 Å². The summed E-state index contributed by atoms with van der Waals surface area (Å²) in [6, 6.07) is 7.54. The van der Waals surface area contributed by atoms with E-state index in [0.717, 1.165) is 5.56 Å². The highest BCUT2D eigenvalue weighted by atomic mass is 16.6. The summed E-state index contributed by atoms with van der Waals surface area (Å²) in [6.45, 7) is 6.39. The minimum atomic E-state index is -0.588. The van der Waals surface area contributed by atoms with Gasteiger partial charge in [-0.05, 0) is 44.9 Å². The van der Waals surface area contributed by atoms with Gasteiger partial charge in [0.05, 0.1) is 12.6 Å². The van der Waals surface area contributed by atoms with Gasteiger partial charge < -0.3 is 20.5 Å². The predicted octanol–water partition coefficient (Wildman–Crippen LogP) is 2.35. The number of benzene rings is 1. The predicted molar refractivity (Wildman–Crippen MR) is 82.0 cm³/mol. The fourth-order valence-electron chi connectivity index (χ4n) is 2.56. The first-order valence-electron chi connectivity index (χ1n) is 7.28. The van der Waals surface area contributed by atoms with E-state index in [9.17, 15) is 9.90 Å². The van der Waals surface area contributed by atoms with Crippen LogP contribution in [0, 0.1) is 0 Å². The molecule has 1 aromatic carbocycles. The topological polar surface area (TPSA) is 75.8 Å². The van der Waals surface area contributed by atoms with Gasteiger partial charge in [-0.15, -0.1) is 0 Å². The van der Waals surface area contributed by atoms with Crippen molar-refractivity contribution in [3.8, 4) is 0 Å². The number of hydrogen-bond donors (Lipinski definition) is 2. The molecule has 1 amide bonds. The molecule has 0 radical (unpaired) electrons. The standard InChI is InChI=1S/C16H24N2O3/c1-16(2,3)21-15(20)18-9-8-13(14(19)10-18)11-4-6-12(17)7-5-11/h4-7,13-14,19H,8-10,17H2,1-3H3. The van der Waals surface area contributed by atoms with Crippen LogP contribution in [-0.2, 0) is 4.74 Å². The van der Waals surface area contributed by atoms with Crippen LogP contribution in [-0.4, -0.2) is 40.9 Å². The van der Waals surface area contributed by atoms with Crippen LogP contribution in [0.15, 0.2) is 24.3 Å². The van der Waals surface area contributed by atoms with Gasteiger partial charge in [-0.2, -0.15) is 0 Å². The second-order valence-electron chi connectivity index (χ2n) is 6.56. The number of ether oxygens (including phenoxy) is 1. The first-order valence-corrected chi connectivity index (χ1v) is 7.28. The molecule has 1 aromatic rings. The molecule has 1 fully saturated rings. The van der Waals surface area contributed by atoms with E-state index in [1.54, 1.807) is 4.90 Å². The molecule has 2 unspecified atom stereocenters. The summed E-state index contributed by atoms with van der Waals surface area (Å²) in [5, 5.41) is 10.3. The number of aliphatic hydroxyl groups is 1. The van der Waals surface area contributed by atoms with Gasteiger partial charge in [0.2, 0.25) is 0 Å². The molecule has 5 heteroatoms. The average Bonchev–Trinajstić information content (AvgIpc) is 2.38. The summed E-state index contributed by atoms with van der Waals surface area (Å²) < 4.78 is 5.34. The third-order valence-corrected chi connectivity index (χ3v) is 3.60. The lowest BCUT2D eigenvalue weighted by atomic mass is 9.87. The van der Waals surface area contributed by atoms with Crippen LogP contribution in [0.2, 0.25) is 0 Å². The number of anilines is 1. The molecule has 0 aliphatic carbocycles. The molecular formula is C16H24N2O3. The highest BCUT2D eigenvalue weighted by Crippen LogP contribution is 2.29. The zero-order chi connectivity index (χ0) is 15.6. The van der Waals surface area contributed by atoms with E-state index >= 15 is 0 Å². The Morgan fingerprint density at radius 3 is 2.48 bits per heavy atom. The molecule has 0 aromatic heterocycles. The summed E-state index contributed by atoms with van der Waals surface area (Å²) in [6.07, 6.45) is -0.239. The number of nitrogens with two attached hydrogens (primary N) is 1. The van der Waals surface area contributed by atoms with Crippen molar-refractivity contribution in [2.24, 2.45) is 0 Å². The van der Waals surface area contributed by atoms with Gasteiger partial charge in [-0.1, -0.05) is 12.1 Å². The van der Waals surface area contributed by atoms with E-state index in [-0.39, 0.29) is 12.0 Å². The van der Waals surface area contributed by atoms with Crippen molar-refractivity contribution in [3.63, 3.8) is 0 Å². The minimum Gasteiger partial charge on any atom is -0.444 e. The highest BCUT2D eigenvalue weighted by Gasteiger charge is 2.33. The molecule has 0 bridgehead atoms. The van der Waals surface area contributed by atoms with Gasteiger partial charge in [-0.3, -0.25) is 0 Å². The van der Waals surface area contributed by atoms with Crippen LogP contribution < -0.4 is 5.73 Å². The lowest BCUT2D eigenvalue weighted by molar-refractivity contribution is -0.00151. The molecule has 1 aliphatic heterocycles. The van der Waals surface area contributed by atoms with Gasteiger partial charge in [0.15, 0.2) is 0 Å². The van der Waals surface area contributed by atoms with Gasteiger partial charge >= 0.3 is 6.09 Å². The number of carbonyl (C=O) groups excluding carboxylic acids is 1. The number of piperidine rings is 1. The monoisotopic (exact) mass is 292 g/mol. The molecule has 3 N–H and O–H groups in total. The van der Waals surface area contributed by atoms with Gasteiger partial charge in [0, 0.05) is 18.2 Å². The second-order valence-corrected chi connectivity index (χ2v) is 6.56. The fraction of sp³-hybridized carbons (Fsp3) is 0.562. The highest BCUT2D eigenvalue weighted by molar-refractivity contribution is 5.68. The number of rotatable bonds is 1. The Kier molecular flexibility index (Phi) is 4.42. The maximum absolute atomic E-state index is 12.0. The summed E-state index contributed by atoms with van der Waals surface area (Å²) in [7, 11) is 0. The molecule has 1 aliphatic rings. The number of likely N-dealkylation sites (tertiary alicyclic amines) is 1. The van der Waals surface area contributed by atoms with Crippen molar-refractivity contribution in [1.82, 2.24) is 4.90 Å². The number of nitrogen functional groups attached to an aromatic ring is 1. The fourth-order valence-corrected chi connectivity index (χ4v) is 2.56. The van der Waals surface area contributed by atoms with Crippen LogP contribution in [0.25, 0.3) is 0 Å². The molecule has 5 nitrogen and oxygen atoms in total. The molecule has 0 saturated carbocycles. The van der Waals surface area contributed by atoms with E-state index < -0.39 is 11.7 Å². The van der Waals surface area contributed by atoms with Crippen molar-refractivity contribution in [2.45, 2.75) is 44.8 Å². The first kappa shape index (κ1) is 15.6. The quantitative estimate of drug-likeness (QED) is 0.779. The van der Waals surface area contributed by atoms with Gasteiger partial charge in [0.25, 0.3) is 0 Å². The Morgan fingerprint density at radius 1 is 1.33 bits per heavy atom. The zero-order valence-electron chi connectivity index (χ0n) is 12.9. The molecule has 21 heavy (non-hydrogen) atoms. The molecule has 1 heterocycles. The van der Waals surface area contributed by atoms with E-state index in [4.69, 9.17) is 10.5 Å². The molecule has 1 saturated heterocycles. The van der Waals surface area contributed by atoms with Crippen molar-refractivity contribution >= 4 is 11.8 Å². The third kappa shape index (κ3) is 4.11. The van der Waals surface area contributed by atoms with Crippen molar-refractivity contribution in [3.05, 3.63) is 29.8 Å². The number of aliphatic hydroxyl groups excluding tert-OH is 1. The molecule has 0 spiro atoms. The summed E-state index contributed by atoms with van der Waals surface area (Å²) in [4.78, 5) is 13.6. The number of amides is 1. The third-order valence-electron chi connectivity index (χ3n) is 3.60. The maximum atomic E-state index is 12.0. The smallest absolute Gasteiger partial charge is 0.410 e. The minimum absolute atomic E-state index is 0.0317. The number of carbonyl (C=O) groups is 1. The first-order chi connectivity index (χ1) is 9.76. The van der Waals surface area contributed by atoms with E-state index in [1.165, 1.54) is 0 Å². The van der Waals surface area contributed by atoms with Crippen LogP contribution in [0.1, 0.15) is 38.7 Å². The lowest BCUT2D eigenvalue weighted by Gasteiger charge is -2.36. The van der Waals surface area contributed by atoms with Crippen LogP contribution in [0.4, 0.5) is 10.5 Å². The Hall–Kier alpha value is -1.75. The number of hydrogen-bond acceptors (Lipinski definition) is 4. The Labute approximate surface area is 125 Å². The van der Waals surface area contributed by atoms with Gasteiger partial charge in [0.1, 0.15) is 5.60 Å². The Morgan fingerprint density at radius 2 is 1.95 bits per heavy atom. The number of β-amino-alcohol motifs (C(OH)–C–C–N with tert-alkyl or cyclic N) is 1. The van der Waals surface area contributed by atoms with E-state index in [2.05, 4.69) is 0 Å². The lowest BCUT2D eigenvalue weighted by Crippen LogP contribution is -2.47. The van der Waals surface area contributed by atoms with Crippen molar-refractivity contribution in [2.75, 3.05) is 18.8 Å². The summed E-state index contributed by atoms with van der Waals surface area (Å²) >= 11 is 0. The van der Waals surface area contributed by atoms with Crippen LogP contribution >= 0.6 is 0 Å². The maximum Gasteiger partial charge on any atom is 0.410 e. The normalized spacial score (nSPS) is 23.0. The molecule has 2 atom stereocenters. The molecule has 116 valence electrons. The van der Waals surface area contributed by atoms with Crippen molar-refractivity contribution in [1.29, 1.82) is 0 Å². The average molecular weight is 292 g/mol. The molecular weight excluding hydrogens is 268 g/mol. The summed E-state index contributed by atoms with van der Waals surface area (Å²) in [5.41, 5.74) is 6.93. The van der Waals surface area contributed by atoms with Crippen molar-refractivity contribution < 1.29 is 14.6 Å². The second kappa shape index (κ2) is 5.93. The largest absolute Gasteiger partial charge is 0.444 e. The van der Waals surface area contributed by atoms with E-state index in [1.807, 2.05) is 45.0 Å².